The number of carbonyl (C=O) groups excluding carboxylic acids is 1. The van der Waals surface area contributed by atoms with Gasteiger partial charge in [0.2, 0.25) is 0 Å². The Bertz CT molecular complexity index is 377. The quantitative estimate of drug-likeness (QED) is 0.459. The number of ketones is 1. The summed E-state index contributed by atoms with van der Waals surface area (Å²) < 4.78 is 0. The molecule has 7 nitrogen and oxygen atoms in total. The van der Waals surface area contributed by atoms with Crippen LogP contribution in [-0.2, 0) is 0 Å². The van der Waals surface area contributed by atoms with Crippen LogP contribution < -0.4 is 0 Å². The molecular formula is C10H12N2O5. The van der Waals surface area contributed by atoms with E-state index in [0.29, 0.717) is 0 Å². The highest BCUT2D eigenvalue weighted by atomic mass is 16.6. The van der Waals surface area contributed by atoms with E-state index in [2.05, 4.69) is 0 Å². The van der Waals surface area contributed by atoms with E-state index in [0.717, 1.165) is 18.2 Å². The summed E-state index contributed by atoms with van der Waals surface area (Å²) in [5.74, 6) is -0.457. The fourth-order valence-electron chi connectivity index (χ4n) is 1.01. The highest BCUT2D eigenvalue weighted by Gasteiger charge is 2.17. The number of nitro groups is 2. The van der Waals surface area contributed by atoms with Crippen molar-refractivity contribution >= 4 is 17.2 Å². The predicted molar refractivity (Wildman–Crippen MR) is 61.1 cm³/mol. The molecule has 7 heteroatoms. The monoisotopic (exact) mass is 240 g/mol. The van der Waals surface area contributed by atoms with Crippen LogP contribution in [0, 0.1) is 20.2 Å². The molecule has 0 radical (unpaired) electrons. The number of carbonyl (C=O) groups is 1. The molecule has 0 aliphatic carbocycles. The van der Waals surface area contributed by atoms with Crippen molar-refractivity contribution in [2.45, 2.75) is 20.8 Å². The van der Waals surface area contributed by atoms with Crippen LogP contribution in [0.2, 0.25) is 0 Å². The first-order valence-corrected chi connectivity index (χ1v) is 4.86. The number of nitrogens with zero attached hydrogens (tertiary/aromatic N) is 2. The lowest BCUT2D eigenvalue weighted by Gasteiger charge is -1.97. The molecule has 1 rings (SSSR count). The molecule has 0 aliphatic heterocycles. The van der Waals surface area contributed by atoms with Crippen molar-refractivity contribution in [3.63, 3.8) is 0 Å². The van der Waals surface area contributed by atoms with Crippen molar-refractivity contribution in [2.75, 3.05) is 0 Å². The maximum Gasteiger partial charge on any atom is 0.277 e. The Hall–Kier alpha value is -2.31. The average molecular weight is 240 g/mol. The van der Waals surface area contributed by atoms with Crippen LogP contribution in [-0.4, -0.2) is 15.6 Å². The largest absolute Gasteiger partial charge is 0.295 e. The van der Waals surface area contributed by atoms with Crippen LogP contribution in [0.25, 0.3) is 0 Å². The van der Waals surface area contributed by atoms with Crippen LogP contribution in [0.3, 0.4) is 0 Å². The first kappa shape index (κ1) is 14.7. The second kappa shape index (κ2) is 6.31. The summed E-state index contributed by atoms with van der Waals surface area (Å²) in [5, 5.41) is 20.8. The molecule has 0 unspecified atom stereocenters. The Morgan fingerprint density at radius 3 is 1.59 bits per heavy atom. The van der Waals surface area contributed by atoms with Gasteiger partial charge in [0.05, 0.1) is 15.9 Å². The number of benzene rings is 1. The van der Waals surface area contributed by atoms with Gasteiger partial charge in [-0.1, -0.05) is 13.8 Å². The van der Waals surface area contributed by atoms with Crippen LogP contribution in [0.15, 0.2) is 18.2 Å². The third-order valence-corrected chi connectivity index (χ3v) is 1.73. The molecule has 1 aromatic carbocycles. The summed E-state index contributed by atoms with van der Waals surface area (Å²) in [6, 6.07) is 2.83. The van der Waals surface area contributed by atoms with Gasteiger partial charge in [-0.25, -0.2) is 0 Å². The summed E-state index contributed by atoms with van der Waals surface area (Å²) in [7, 11) is 0. The van der Waals surface area contributed by atoms with Gasteiger partial charge in [0.25, 0.3) is 11.4 Å². The third kappa shape index (κ3) is 3.98. The molecule has 0 amide bonds. The minimum atomic E-state index is -0.778. The Balaban J connectivity index is 0.00000121. The first-order valence-electron chi connectivity index (χ1n) is 4.86. The van der Waals surface area contributed by atoms with E-state index in [9.17, 15) is 25.0 Å². The zero-order chi connectivity index (χ0) is 13.6. The lowest BCUT2D eigenvalue weighted by atomic mass is 10.1. The zero-order valence-corrected chi connectivity index (χ0v) is 9.67. The zero-order valence-electron chi connectivity index (χ0n) is 9.67. The second-order valence-electron chi connectivity index (χ2n) is 2.81. The molecule has 17 heavy (non-hydrogen) atoms. The predicted octanol–water partition coefficient (Wildman–Crippen LogP) is 2.73. The van der Waals surface area contributed by atoms with Crippen molar-refractivity contribution in [2.24, 2.45) is 0 Å². The van der Waals surface area contributed by atoms with E-state index < -0.39 is 27.0 Å². The van der Waals surface area contributed by atoms with Crippen molar-refractivity contribution in [3.8, 4) is 0 Å². The number of nitro benzene ring substituents is 2. The molecule has 0 aromatic heterocycles. The fourth-order valence-corrected chi connectivity index (χ4v) is 1.01. The lowest BCUT2D eigenvalue weighted by molar-refractivity contribution is -0.394. The minimum absolute atomic E-state index is 0.0455. The normalized spacial score (nSPS) is 8.88. The molecule has 0 saturated heterocycles. The van der Waals surface area contributed by atoms with Crippen molar-refractivity contribution < 1.29 is 14.6 Å². The first-order chi connectivity index (χ1) is 7.91. The number of hydrogen-bond acceptors (Lipinski definition) is 5. The van der Waals surface area contributed by atoms with E-state index >= 15 is 0 Å². The highest BCUT2D eigenvalue weighted by Crippen LogP contribution is 2.22. The molecule has 0 saturated carbocycles. The number of non-ortho nitro benzene ring substituents is 2. The fraction of sp³-hybridized carbons (Fsp3) is 0.300. The summed E-state index contributed by atoms with van der Waals surface area (Å²) in [6.07, 6.45) is 0. The van der Waals surface area contributed by atoms with Gasteiger partial charge in [0.15, 0.2) is 5.78 Å². The number of rotatable bonds is 3. The standard InChI is InChI=1S/C8H6N2O5.C2H6/c1-5(11)6-2-7(9(12)13)4-8(3-6)10(14)15;1-2/h2-4H,1H3;1-2H3. The van der Waals surface area contributed by atoms with Gasteiger partial charge in [-0.15, -0.1) is 0 Å². The summed E-state index contributed by atoms with van der Waals surface area (Å²) in [6.45, 7) is 5.18. The van der Waals surface area contributed by atoms with Gasteiger partial charge in [-0.3, -0.25) is 25.0 Å². The molecule has 0 aliphatic rings. The van der Waals surface area contributed by atoms with E-state index in [1.807, 2.05) is 13.8 Å². The van der Waals surface area contributed by atoms with Gasteiger partial charge in [0, 0.05) is 17.7 Å². The Morgan fingerprint density at radius 1 is 1.00 bits per heavy atom. The lowest BCUT2D eigenvalue weighted by Crippen LogP contribution is -1.98. The van der Waals surface area contributed by atoms with Crippen LogP contribution in [0.4, 0.5) is 11.4 Å². The average Bonchev–Trinajstić information content (AvgIpc) is 2.30. The molecule has 0 N–H and O–H groups in total. The summed E-state index contributed by atoms with van der Waals surface area (Å²) >= 11 is 0. The van der Waals surface area contributed by atoms with E-state index in [-0.39, 0.29) is 5.56 Å². The Labute approximate surface area is 97.4 Å². The van der Waals surface area contributed by atoms with Crippen LogP contribution >= 0.6 is 0 Å². The van der Waals surface area contributed by atoms with Gasteiger partial charge in [0.1, 0.15) is 0 Å². The Kier molecular flexibility index (Phi) is 5.45. The molecule has 0 atom stereocenters. The number of hydrogen-bond donors (Lipinski definition) is 0. The smallest absolute Gasteiger partial charge is 0.277 e. The Morgan fingerprint density at radius 2 is 1.35 bits per heavy atom. The molecule has 0 spiro atoms. The second-order valence-corrected chi connectivity index (χ2v) is 2.81. The van der Waals surface area contributed by atoms with Gasteiger partial charge in [-0.05, 0) is 6.92 Å². The van der Waals surface area contributed by atoms with Crippen molar-refractivity contribution in [1.29, 1.82) is 0 Å². The highest BCUT2D eigenvalue weighted by molar-refractivity contribution is 5.95. The maximum atomic E-state index is 10.9. The summed E-state index contributed by atoms with van der Waals surface area (Å²) in [5.41, 5.74) is -0.972. The summed E-state index contributed by atoms with van der Waals surface area (Å²) in [4.78, 5) is 30.2. The molecule has 1 aromatic rings. The maximum absolute atomic E-state index is 10.9. The molecule has 0 heterocycles. The van der Waals surface area contributed by atoms with E-state index in [1.54, 1.807) is 0 Å². The molecular weight excluding hydrogens is 228 g/mol. The van der Waals surface area contributed by atoms with Gasteiger partial charge in [-0.2, -0.15) is 0 Å². The topological polar surface area (TPSA) is 103 Å². The van der Waals surface area contributed by atoms with Gasteiger partial charge < -0.3 is 0 Å². The number of Topliss-reactive ketones (excluding diaryl/α,β-unsaturated/α-hetero) is 1. The molecule has 92 valence electrons. The minimum Gasteiger partial charge on any atom is -0.295 e. The van der Waals surface area contributed by atoms with Crippen molar-refractivity contribution in [3.05, 3.63) is 44.0 Å². The SMILES string of the molecule is CC.CC(=O)c1cc([N+](=O)[O-])cc([N+](=O)[O-])c1. The van der Waals surface area contributed by atoms with Gasteiger partial charge >= 0.3 is 0 Å². The molecule has 0 fully saturated rings. The van der Waals surface area contributed by atoms with Crippen LogP contribution in [0.1, 0.15) is 31.1 Å². The molecule has 0 bridgehead atoms. The third-order valence-electron chi connectivity index (χ3n) is 1.73. The van der Waals surface area contributed by atoms with Crippen molar-refractivity contribution in [1.82, 2.24) is 0 Å². The van der Waals surface area contributed by atoms with E-state index in [4.69, 9.17) is 0 Å². The van der Waals surface area contributed by atoms with E-state index in [1.165, 1.54) is 6.92 Å². The van der Waals surface area contributed by atoms with Crippen LogP contribution in [0.5, 0.6) is 0 Å².